The Morgan fingerprint density at radius 3 is 2.46 bits per heavy atom. The van der Waals surface area contributed by atoms with Crippen molar-refractivity contribution in [2.45, 2.75) is 25.4 Å². The first-order chi connectivity index (χ1) is 11.4. The summed E-state index contributed by atoms with van der Waals surface area (Å²) in [6.45, 7) is -0.0392. The summed E-state index contributed by atoms with van der Waals surface area (Å²) in [6.07, 6.45) is -1.46. The van der Waals surface area contributed by atoms with Crippen LogP contribution in [0.25, 0.3) is 0 Å². The second kappa shape index (κ2) is 7.58. The van der Waals surface area contributed by atoms with Crippen LogP contribution >= 0.6 is 0 Å². The second-order valence-electron chi connectivity index (χ2n) is 5.25. The lowest BCUT2D eigenvalue weighted by Gasteiger charge is -2.15. The number of hydrogen-bond acceptors (Lipinski definition) is 6. The number of likely N-dealkylation sites (tertiary alicyclic amines) is 1. The molecule has 0 radical (unpaired) electrons. The summed E-state index contributed by atoms with van der Waals surface area (Å²) >= 11 is 0. The van der Waals surface area contributed by atoms with Gasteiger partial charge in [0.1, 0.15) is 11.9 Å². The molecule has 1 saturated heterocycles. The van der Waals surface area contributed by atoms with Gasteiger partial charge >= 0.3 is 11.9 Å². The van der Waals surface area contributed by atoms with E-state index in [-0.39, 0.29) is 25.8 Å². The van der Waals surface area contributed by atoms with Crippen molar-refractivity contribution < 1.29 is 33.8 Å². The molecule has 8 nitrogen and oxygen atoms in total. The number of imide groups is 1. The number of ether oxygens (including phenoxy) is 2. The van der Waals surface area contributed by atoms with Gasteiger partial charge < -0.3 is 14.6 Å². The van der Waals surface area contributed by atoms with Gasteiger partial charge in [-0.2, -0.15) is 0 Å². The molecule has 0 spiro atoms. The maximum atomic E-state index is 12.3. The highest BCUT2D eigenvalue weighted by molar-refractivity contribution is 6.06. The molecule has 1 N–H and O–H groups in total. The summed E-state index contributed by atoms with van der Waals surface area (Å²) in [5.74, 6) is -2.14. The van der Waals surface area contributed by atoms with Crippen LogP contribution in [0.2, 0.25) is 0 Å². The summed E-state index contributed by atoms with van der Waals surface area (Å²) in [7, 11) is 1.50. The number of hydrogen-bond donors (Lipinski definition) is 1. The Morgan fingerprint density at radius 2 is 1.88 bits per heavy atom. The minimum atomic E-state index is -1.11. The quantitative estimate of drug-likeness (QED) is 0.606. The fourth-order valence-corrected chi connectivity index (χ4v) is 2.29. The van der Waals surface area contributed by atoms with Gasteiger partial charge in [0.25, 0.3) is 5.91 Å². The minimum Gasteiger partial charge on any atom is -0.497 e. The Kier molecular flexibility index (Phi) is 5.51. The number of methoxy groups -OCH3 is 1. The van der Waals surface area contributed by atoms with Crippen LogP contribution in [0.4, 0.5) is 0 Å². The van der Waals surface area contributed by atoms with Gasteiger partial charge in [-0.3, -0.25) is 24.1 Å². The van der Waals surface area contributed by atoms with Crippen molar-refractivity contribution in [2.75, 3.05) is 13.7 Å². The summed E-state index contributed by atoms with van der Waals surface area (Å²) in [6, 6.07) is 6.30. The highest BCUT2D eigenvalue weighted by Crippen LogP contribution is 2.20. The van der Waals surface area contributed by atoms with E-state index in [0.717, 1.165) is 4.90 Å². The van der Waals surface area contributed by atoms with Crippen LogP contribution < -0.4 is 4.74 Å². The number of rotatable bonds is 6. The Hall–Kier alpha value is -2.90. The summed E-state index contributed by atoms with van der Waals surface area (Å²) in [5, 5.41) is 8.52. The predicted octanol–water partition coefficient (Wildman–Crippen LogP) is 0.844. The van der Waals surface area contributed by atoms with E-state index >= 15 is 0 Å². The maximum Gasteiger partial charge on any atom is 0.306 e. The number of nitrogens with zero attached hydrogens (tertiary/aromatic N) is 1. The van der Waals surface area contributed by atoms with Crippen molar-refractivity contribution in [3.63, 3.8) is 0 Å². The zero-order chi connectivity index (χ0) is 17.7. The van der Waals surface area contributed by atoms with E-state index < -0.39 is 29.9 Å². The van der Waals surface area contributed by atoms with Crippen molar-refractivity contribution in [3.8, 4) is 5.75 Å². The van der Waals surface area contributed by atoms with E-state index in [9.17, 15) is 19.2 Å². The van der Waals surface area contributed by atoms with Crippen molar-refractivity contribution in [1.29, 1.82) is 0 Å². The molecule has 24 heavy (non-hydrogen) atoms. The molecule has 1 aliphatic heterocycles. The van der Waals surface area contributed by atoms with Crippen LogP contribution in [0, 0.1) is 0 Å². The number of carboxylic acids is 1. The summed E-state index contributed by atoms with van der Waals surface area (Å²) < 4.78 is 10.1. The van der Waals surface area contributed by atoms with Crippen LogP contribution in [-0.4, -0.2) is 53.5 Å². The third-order valence-electron chi connectivity index (χ3n) is 3.51. The number of aliphatic carboxylic acids is 1. The van der Waals surface area contributed by atoms with Gasteiger partial charge in [0.05, 0.1) is 32.9 Å². The average Bonchev–Trinajstić information content (AvgIpc) is 2.92. The molecule has 2 amide bonds. The third-order valence-corrected chi connectivity index (χ3v) is 3.51. The monoisotopic (exact) mass is 335 g/mol. The standard InChI is InChI=1S/C16H17NO7/c1-23-11-4-2-10(3-5-11)16(22)17-9-12(8-13(17)18)24-15(21)7-6-14(19)20/h2-5,12H,6-9H2,1H3,(H,19,20). The van der Waals surface area contributed by atoms with Crippen molar-refractivity contribution >= 4 is 23.8 Å². The molecule has 0 bridgehead atoms. The zero-order valence-electron chi connectivity index (χ0n) is 13.1. The Balaban J connectivity index is 1.94. The number of amides is 2. The molecule has 1 heterocycles. The Labute approximate surface area is 138 Å². The van der Waals surface area contributed by atoms with Crippen molar-refractivity contribution in [3.05, 3.63) is 29.8 Å². The van der Waals surface area contributed by atoms with E-state index in [1.165, 1.54) is 7.11 Å². The van der Waals surface area contributed by atoms with Crippen LogP contribution in [0.1, 0.15) is 29.6 Å². The molecular weight excluding hydrogens is 318 g/mol. The molecule has 2 rings (SSSR count). The summed E-state index contributed by atoms with van der Waals surface area (Å²) in [5.41, 5.74) is 0.321. The SMILES string of the molecule is COc1ccc(C(=O)N2CC(OC(=O)CCC(=O)O)CC2=O)cc1. The lowest BCUT2D eigenvalue weighted by molar-refractivity contribution is -0.151. The second-order valence-corrected chi connectivity index (χ2v) is 5.25. The molecule has 0 aliphatic carbocycles. The van der Waals surface area contributed by atoms with Crippen LogP contribution in [0.3, 0.4) is 0 Å². The molecule has 1 aromatic carbocycles. The molecule has 128 valence electrons. The lowest BCUT2D eigenvalue weighted by atomic mass is 10.2. The van der Waals surface area contributed by atoms with Gasteiger partial charge in [0.2, 0.25) is 5.91 Å². The molecule has 1 aromatic rings. The Bertz CT molecular complexity index is 653. The number of carboxylic acid groups (broad SMARTS) is 1. The van der Waals surface area contributed by atoms with Crippen LogP contribution in [0.15, 0.2) is 24.3 Å². The molecule has 0 aromatic heterocycles. The molecule has 1 fully saturated rings. The lowest BCUT2D eigenvalue weighted by Crippen LogP contribution is -2.33. The van der Waals surface area contributed by atoms with E-state index in [4.69, 9.17) is 14.6 Å². The zero-order valence-corrected chi connectivity index (χ0v) is 13.1. The van der Waals surface area contributed by atoms with Gasteiger partial charge in [-0.05, 0) is 24.3 Å². The smallest absolute Gasteiger partial charge is 0.306 e. The number of esters is 1. The first-order valence-corrected chi connectivity index (χ1v) is 7.30. The molecule has 1 aliphatic rings. The van der Waals surface area contributed by atoms with Gasteiger partial charge in [-0.1, -0.05) is 0 Å². The van der Waals surface area contributed by atoms with Gasteiger partial charge in [0.15, 0.2) is 0 Å². The number of carbonyl (C=O) groups is 4. The normalized spacial score (nSPS) is 16.8. The minimum absolute atomic E-state index is 0.0392. The molecule has 0 saturated carbocycles. The van der Waals surface area contributed by atoms with Gasteiger partial charge in [0, 0.05) is 5.56 Å². The predicted molar refractivity (Wildman–Crippen MR) is 80.4 cm³/mol. The van der Waals surface area contributed by atoms with Gasteiger partial charge in [-0.25, -0.2) is 0 Å². The average molecular weight is 335 g/mol. The van der Waals surface area contributed by atoms with E-state index in [2.05, 4.69) is 0 Å². The topological polar surface area (TPSA) is 110 Å². The van der Waals surface area contributed by atoms with Crippen molar-refractivity contribution in [1.82, 2.24) is 4.90 Å². The van der Waals surface area contributed by atoms with Crippen LogP contribution in [-0.2, 0) is 19.1 Å². The maximum absolute atomic E-state index is 12.3. The summed E-state index contributed by atoms with van der Waals surface area (Å²) in [4.78, 5) is 47.3. The van der Waals surface area contributed by atoms with Crippen molar-refractivity contribution in [2.24, 2.45) is 0 Å². The van der Waals surface area contributed by atoms with E-state index in [1.54, 1.807) is 24.3 Å². The third kappa shape index (κ3) is 4.31. The van der Waals surface area contributed by atoms with Gasteiger partial charge in [-0.15, -0.1) is 0 Å². The van der Waals surface area contributed by atoms with Crippen LogP contribution in [0.5, 0.6) is 5.75 Å². The molecule has 1 atom stereocenters. The first-order valence-electron chi connectivity index (χ1n) is 7.30. The fraction of sp³-hybridized carbons (Fsp3) is 0.375. The number of carbonyl (C=O) groups excluding carboxylic acids is 3. The highest BCUT2D eigenvalue weighted by atomic mass is 16.5. The van der Waals surface area contributed by atoms with E-state index in [0.29, 0.717) is 11.3 Å². The molecular formula is C16H17NO7. The molecule has 8 heteroatoms. The van der Waals surface area contributed by atoms with E-state index in [1.807, 2.05) is 0 Å². The highest BCUT2D eigenvalue weighted by Gasteiger charge is 2.36. The molecule has 1 unspecified atom stereocenters. The Morgan fingerprint density at radius 1 is 1.21 bits per heavy atom. The first kappa shape index (κ1) is 17.5. The fourth-order valence-electron chi connectivity index (χ4n) is 2.29. The largest absolute Gasteiger partial charge is 0.497 e. The number of benzene rings is 1.